The van der Waals surface area contributed by atoms with Gasteiger partial charge in [-0.3, -0.25) is 9.59 Å². The largest absolute Gasteiger partial charge is 0.457 e. The summed E-state index contributed by atoms with van der Waals surface area (Å²) in [7, 11) is 0. The van der Waals surface area contributed by atoms with Crippen LogP contribution in [-0.4, -0.2) is 34.1 Å². The Kier molecular flexibility index (Phi) is 5.92. The third-order valence-corrected chi connectivity index (χ3v) is 6.50. The number of thioether (sulfide) groups is 1. The van der Waals surface area contributed by atoms with Gasteiger partial charge >= 0.3 is 5.97 Å². The van der Waals surface area contributed by atoms with Gasteiger partial charge in [0.1, 0.15) is 16.2 Å². The third-order valence-electron chi connectivity index (χ3n) is 4.70. The number of aryl methyl sites for hydroxylation is 1. The number of carbonyl (C=O) groups excluding carboxylic acids is 2. The number of ether oxygens (including phenoxy) is 1. The summed E-state index contributed by atoms with van der Waals surface area (Å²) in [5.41, 5.74) is 4.90. The highest BCUT2D eigenvalue weighted by molar-refractivity contribution is 8.00. The van der Waals surface area contributed by atoms with Gasteiger partial charge in [-0.25, -0.2) is 9.97 Å². The molecular weight excluding hydrogens is 380 g/mol. The summed E-state index contributed by atoms with van der Waals surface area (Å²) in [4.78, 5) is 33.8. The molecular formula is C20H20N2O3S2. The lowest BCUT2D eigenvalue weighted by Gasteiger charge is -2.13. The van der Waals surface area contributed by atoms with Crippen molar-refractivity contribution in [2.75, 3.05) is 12.4 Å². The van der Waals surface area contributed by atoms with Gasteiger partial charge in [-0.05, 0) is 67.5 Å². The number of ketones is 1. The number of rotatable bonds is 6. The molecule has 0 aliphatic heterocycles. The van der Waals surface area contributed by atoms with Crippen LogP contribution >= 0.6 is 23.1 Å². The van der Waals surface area contributed by atoms with Crippen LogP contribution in [0.25, 0.3) is 10.2 Å². The molecule has 0 saturated carbocycles. The molecule has 5 nitrogen and oxygen atoms in total. The fraction of sp³-hybridized carbons (Fsp3) is 0.300. The molecule has 140 valence electrons. The van der Waals surface area contributed by atoms with E-state index in [0.717, 1.165) is 31.9 Å². The topological polar surface area (TPSA) is 69.2 Å². The van der Waals surface area contributed by atoms with Crippen LogP contribution in [-0.2, 0) is 9.53 Å². The summed E-state index contributed by atoms with van der Waals surface area (Å²) in [5, 5.41) is 3.61. The predicted molar refractivity (Wildman–Crippen MR) is 109 cm³/mol. The fourth-order valence-corrected chi connectivity index (χ4v) is 4.35. The lowest BCUT2D eigenvalue weighted by atomic mass is 9.93. The van der Waals surface area contributed by atoms with Crippen molar-refractivity contribution >= 4 is 45.1 Å². The summed E-state index contributed by atoms with van der Waals surface area (Å²) in [6, 6.07) is 3.80. The summed E-state index contributed by atoms with van der Waals surface area (Å²) in [6.45, 7) is 7.70. The van der Waals surface area contributed by atoms with E-state index < -0.39 is 5.97 Å². The van der Waals surface area contributed by atoms with Gasteiger partial charge in [0.15, 0.2) is 6.61 Å². The van der Waals surface area contributed by atoms with Gasteiger partial charge in [0.2, 0.25) is 5.78 Å². The summed E-state index contributed by atoms with van der Waals surface area (Å²) < 4.78 is 5.19. The maximum Gasteiger partial charge on any atom is 0.316 e. The quantitative estimate of drug-likeness (QED) is 0.264. The number of hydrogen-bond acceptors (Lipinski definition) is 7. The molecule has 0 fully saturated rings. The van der Waals surface area contributed by atoms with Crippen LogP contribution in [0, 0.1) is 27.7 Å². The highest BCUT2D eigenvalue weighted by atomic mass is 32.2. The van der Waals surface area contributed by atoms with Crippen molar-refractivity contribution in [2.24, 2.45) is 0 Å². The Morgan fingerprint density at radius 1 is 1.11 bits per heavy atom. The minimum Gasteiger partial charge on any atom is -0.457 e. The molecule has 7 heteroatoms. The molecule has 0 unspecified atom stereocenters. The van der Waals surface area contributed by atoms with E-state index >= 15 is 0 Å². The number of fused-ring (bicyclic) bond motifs is 1. The van der Waals surface area contributed by atoms with Crippen LogP contribution in [0.1, 0.15) is 32.6 Å². The van der Waals surface area contributed by atoms with Gasteiger partial charge in [-0.15, -0.1) is 11.3 Å². The van der Waals surface area contributed by atoms with E-state index in [1.807, 2.05) is 45.2 Å². The fourth-order valence-electron chi connectivity index (χ4n) is 2.78. The zero-order valence-corrected chi connectivity index (χ0v) is 17.3. The number of aromatic nitrogens is 2. The molecule has 0 saturated heterocycles. The van der Waals surface area contributed by atoms with Gasteiger partial charge in [-0.1, -0.05) is 11.8 Å². The minimum atomic E-state index is -0.437. The molecule has 0 aliphatic carbocycles. The van der Waals surface area contributed by atoms with Crippen LogP contribution in [0.2, 0.25) is 0 Å². The summed E-state index contributed by atoms with van der Waals surface area (Å²) >= 11 is 2.82. The first kappa shape index (κ1) is 19.5. The van der Waals surface area contributed by atoms with Gasteiger partial charge in [0.05, 0.1) is 5.75 Å². The van der Waals surface area contributed by atoms with E-state index in [2.05, 4.69) is 9.97 Å². The third kappa shape index (κ3) is 4.20. The average Bonchev–Trinajstić information content (AvgIpc) is 3.15. The first-order valence-electron chi connectivity index (χ1n) is 8.45. The Bertz CT molecular complexity index is 1030. The molecule has 0 N–H and O–H groups in total. The zero-order chi connectivity index (χ0) is 19.6. The van der Waals surface area contributed by atoms with Crippen molar-refractivity contribution in [3.63, 3.8) is 0 Å². The van der Waals surface area contributed by atoms with Crippen molar-refractivity contribution in [1.82, 2.24) is 9.97 Å². The number of Topliss-reactive ketones (excluding diaryl/α,β-unsaturated/α-hetero) is 1. The van der Waals surface area contributed by atoms with Gasteiger partial charge in [0.25, 0.3) is 0 Å². The van der Waals surface area contributed by atoms with E-state index in [1.54, 1.807) is 0 Å². The van der Waals surface area contributed by atoms with Crippen molar-refractivity contribution in [3.05, 3.63) is 51.7 Å². The first-order valence-corrected chi connectivity index (χ1v) is 10.3. The standard InChI is InChI=1S/C20H20N2O3S2/c1-11-7-16(14(4)13(3)12(11)2)17(23)8-25-18(24)9-27-20-15-5-6-26-19(15)21-10-22-20/h5-7,10H,8-9H2,1-4H3. The van der Waals surface area contributed by atoms with E-state index in [1.165, 1.54) is 35.0 Å². The smallest absolute Gasteiger partial charge is 0.316 e. The molecule has 3 rings (SSSR count). The van der Waals surface area contributed by atoms with Gasteiger partial charge < -0.3 is 4.74 Å². The highest BCUT2D eigenvalue weighted by Gasteiger charge is 2.16. The van der Waals surface area contributed by atoms with Gasteiger partial charge in [-0.2, -0.15) is 0 Å². The van der Waals surface area contributed by atoms with Crippen molar-refractivity contribution in [1.29, 1.82) is 0 Å². The second-order valence-electron chi connectivity index (χ2n) is 6.31. The maximum absolute atomic E-state index is 12.5. The molecule has 0 radical (unpaired) electrons. The molecule has 0 atom stereocenters. The molecule has 0 amide bonds. The Balaban J connectivity index is 1.59. The SMILES string of the molecule is Cc1cc(C(=O)COC(=O)CSc2ncnc3sccc23)c(C)c(C)c1C. The number of hydrogen-bond donors (Lipinski definition) is 0. The molecule has 0 aliphatic rings. The number of benzene rings is 1. The van der Waals surface area contributed by atoms with Crippen LogP contribution < -0.4 is 0 Å². The predicted octanol–water partition coefficient (Wildman–Crippen LogP) is 4.44. The maximum atomic E-state index is 12.5. The molecule has 0 spiro atoms. The van der Waals surface area contributed by atoms with Crippen LogP contribution in [0.4, 0.5) is 0 Å². The number of carbonyl (C=O) groups is 2. The Hall–Kier alpha value is -2.25. The Labute approximate surface area is 166 Å². The Morgan fingerprint density at radius 3 is 2.67 bits per heavy atom. The molecule has 27 heavy (non-hydrogen) atoms. The lowest BCUT2D eigenvalue weighted by Crippen LogP contribution is -2.17. The summed E-state index contributed by atoms with van der Waals surface area (Å²) in [6.07, 6.45) is 1.49. The van der Waals surface area contributed by atoms with Crippen molar-refractivity contribution in [3.8, 4) is 0 Å². The molecule has 3 aromatic rings. The molecule has 1 aromatic carbocycles. The number of thiophene rings is 1. The number of nitrogens with zero attached hydrogens (tertiary/aromatic N) is 2. The van der Waals surface area contributed by atoms with E-state index in [-0.39, 0.29) is 18.1 Å². The zero-order valence-electron chi connectivity index (χ0n) is 15.7. The Morgan fingerprint density at radius 2 is 1.89 bits per heavy atom. The monoisotopic (exact) mass is 400 g/mol. The molecule has 2 heterocycles. The minimum absolute atomic E-state index is 0.0974. The van der Waals surface area contributed by atoms with Crippen LogP contribution in [0.3, 0.4) is 0 Å². The van der Waals surface area contributed by atoms with Crippen molar-refractivity contribution in [2.45, 2.75) is 32.7 Å². The van der Waals surface area contributed by atoms with E-state index in [0.29, 0.717) is 5.56 Å². The normalized spacial score (nSPS) is 11.0. The highest BCUT2D eigenvalue weighted by Crippen LogP contribution is 2.27. The second kappa shape index (κ2) is 8.19. The average molecular weight is 401 g/mol. The van der Waals surface area contributed by atoms with Crippen LogP contribution in [0.15, 0.2) is 28.9 Å². The number of esters is 1. The first-order chi connectivity index (χ1) is 12.9. The lowest BCUT2D eigenvalue weighted by molar-refractivity contribution is -0.139. The summed E-state index contributed by atoms with van der Waals surface area (Å²) in [5.74, 6) is -0.520. The molecule has 2 aromatic heterocycles. The second-order valence-corrected chi connectivity index (χ2v) is 8.17. The van der Waals surface area contributed by atoms with Crippen molar-refractivity contribution < 1.29 is 14.3 Å². The van der Waals surface area contributed by atoms with E-state index in [4.69, 9.17) is 4.74 Å². The molecule has 0 bridgehead atoms. The van der Waals surface area contributed by atoms with E-state index in [9.17, 15) is 9.59 Å². The van der Waals surface area contributed by atoms with Gasteiger partial charge in [0, 0.05) is 10.9 Å². The van der Waals surface area contributed by atoms with Crippen LogP contribution in [0.5, 0.6) is 0 Å².